The number of anilines is 1. The number of nitrogens with zero attached hydrogens (tertiary/aromatic N) is 3. The molecule has 0 amide bonds. The number of thioether (sulfide) groups is 1. The minimum atomic E-state index is -3.94. The van der Waals surface area contributed by atoms with Crippen LogP contribution in [0.15, 0.2) is 57.4 Å². The van der Waals surface area contributed by atoms with E-state index in [0.29, 0.717) is 0 Å². The zero-order chi connectivity index (χ0) is 20.9. The molecular formula is C18H20N4O5S2. The normalized spacial score (nSPS) is 15.5. The molecular weight excluding hydrogens is 416 g/mol. The molecule has 2 aromatic carbocycles. The Balaban J connectivity index is 1.89. The van der Waals surface area contributed by atoms with Gasteiger partial charge in [-0.15, -0.1) is 11.8 Å². The van der Waals surface area contributed by atoms with Crippen LogP contribution < -0.4 is 5.43 Å². The molecule has 0 atom stereocenters. The number of nitro benzene ring substituents is 1. The Kier molecular flexibility index (Phi) is 6.85. The minimum absolute atomic E-state index is 0.166. The lowest BCUT2D eigenvalue weighted by molar-refractivity contribution is -0.385. The first-order chi connectivity index (χ1) is 13.9. The molecule has 0 aliphatic carbocycles. The Morgan fingerprint density at radius 3 is 2.52 bits per heavy atom. The van der Waals surface area contributed by atoms with Crippen LogP contribution in [0.1, 0.15) is 5.56 Å². The van der Waals surface area contributed by atoms with E-state index < -0.39 is 14.9 Å². The number of sulfonamides is 1. The quantitative estimate of drug-likeness (QED) is 0.307. The van der Waals surface area contributed by atoms with E-state index in [1.807, 2.05) is 30.5 Å². The van der Waals surface area contributed by atoms with Crippen LogP contribution in [0.25, 0.3) is 0 Å². The molecule has 1 saturated heterocycles. The van der Waals surface area contributed by atoms with Gasteiger partial charge in [-0.25, -0.2) is 8.42 Å². The Bertz CT molecular complexity index is 1000. The van der Waals surface area contributed by atoms with Crippen molar-refractivity contribution in [2.45, 2.75) is 9.79 Å². The highest BCUT2D eigenvalue weighted by Crippen LogP contribution is 2.29. The van der Waals surface area contributed by atoms with Crippen LogP contribution in [0.2, 0.25) is 0 Å². The van der Waals surface area contributed by atoms with Crippen LogP contribution in [0.3, 0.4) is 0 Å². The number of benzene rings is 2. The molecule has 0 saturated carbocycles. The second-order valence-electron chi connectivity index (χ2n) is 6.10. The molecule has 3 rings (SSSR count). The van der Waals surface area contributed by atoms with Crippen LogP contribution in [0, 0.1) is 10.1 Å². The summed E-state index contributed by atoms with van der Waals surface area (Å²) in [4.78, 5) is 11.4. The van der Waals surface area contributed by atoms with Crippen molar-refractivity contribution in [2.24, 2.45) is 5.10 Å². The van der Waals surface area contributed by atoms with E-state index in [1.165, 1.54) is 16.4 Å². The summed E-state index contributed by atoms with van der Waals surface area (Å²) in [5, 5.41) is 15.2. The fourth-order valence-corrected chi connectivity index (χ4v) is 4.70. The average molecular weight is 437 g/mol. The molecule has 0 bridgehead atoms. The summed E-state index contributed by atoms with van der Waals surface area (Å²) in [6.45, 7) is 0.938. The lowest BCUT2D eigenvalue weighted by Gasteiger charge is -2.26. The van der Waals surface area contributed by atoms with Crippen LogP contribution in [0.4, 0.5) is 11.4 Å². The second-order valence-corrected chi connectivity index (χ2v) is 8.88. The molecule has 2 aromatic rings. The molecule has 154 valence electrons. The first-order valence-electron chi connectivity index (χ1n) is 8.71. The first kappa shape index (κ1) is 21.2. The molecule has 1 aliphatic heterocycles. The van der Waals surface area contributed by atoms with Crippen LogP contribution in [-0.4, -0.2) is 56.4 Å². The van der Waals surface area contributed by atoms with E-state index in [9.17, 15) is 18.5 Å². The highest BCUT2D eigenvalue weighted by Gasteiger charge is 2.30. The molecule has 9 nitrogen and oxygen atoms in total. The maximum atomic E-state index is 13.0. The summed E-state index contributed by atoms with van der Waals surface area (Å²) in [5.41, 5.74) is 3.39. The molecule has 1 heterocycles. The predicted octanol–water partition coefficient (Wildman–Crippen LogP) is 2.78. The largest absolute Gasteiger partial charge is 0.379 e. The molecule has 0 aromatic heterocycles. The van der Waals surface area contributed by atoms with Crippen LogP contribution >= 0.6 is 11.8 Å². The summed E-state index contributed by atoms with van der Waals surface area (Å²) < 4.78 is 32.5. The SMILES string of the molecule is CSc1ccc(/C=N\Nc2ccc([N+](=O)[O-])cc2S(=O)(=O)N2CCOCC2)cc1. The Morgan fingerprint density at radius 2 is 1.90 bits per heavy atom. The van der Waals surface area contributed by atoms with Gasteiger partial charge in [0.05, 0.1) is 30.0 Å². The van der Waals surface area contributed by atoms with Crippen molar-refractivity contribution < 1.29 is 18.1 Å². The third-order valence-electron chi connectivity index (χ3n) is 4.28. The Hall–Kier alpha value is -2.47. The number of morpholine rings is 1. The van der Waals surface area contributed by atoms with Crippen molar-refractivity contribution in [3.63, 3.8) is 0 Å². The lowest BCUT2D eigenvalue weighted by atomic mass is 10.2. The molecule has 0 spiro atoms. The average Bonchev–Trinajstić information content (AvgIpc) is 2.75. The fourth-order valence-electron chi connectivity index (χ4n) is 2.72. The third kappa shape index (κ3) is 5.12. The van der Waals surface area contributed by atoms with Gasteiger partial charge in [-0.1, -0.05) is 12.1 Å². The summed E-state index contributed by atoms with van der Waals surface area (Å²) in [6.07, 6.45) is 3.53. The number of nitro groups is 1. The van der Waals surface area contributed by atoms with E-state index in [2.05, 4.69) is 10.5 Å². The summed E-state index contributed by atoms with van der Waals surface area (Å²) in [7, 11) is -3.94. The standard InChI is InChI=1S/C18H20N4O5S2/c1-28-16-5-2-14(3-6-16)13-19-20-17-7-4-15(22(23)24)12-18(17)29(25,26)21-8-10-27-11-9-21/h2-7,12-13,20H,8-11H2,1H3/b19-13-. The maximum absolute atomic E-state index is 13.0. The first-order valence-corrected chi connectivity index (χ1v) is 11.4. The number of hydrazone groups is 1. The second kappa shape index (κ2) is 9.35. The molecule has 11 heteroatoms. The number of hydrogen-bond donors (Lipinski definition) is 1. The van der Waals surface area contributed by atoms with E-state index in [-0.39, 0.29) is 42.6 Å². The Morgan fingerprint density at radius 1 is 1.21 bits per heavy atom. The number of rotatable bonds is 7. The maximum Gasteiger partial charge on any atom is 0.270 e. The van der Waals surface area contributed by atoms with E-state index in [1.54, 1.807) is 18.0 Å². The van der Waals surface area contributed by atoms with Gasteiger partial charge in [-0.3, -0.25) is 15.5 Å². The van der Waals surface area contributed by atoms with Gasteiger partial charge >= 0.3 is 0 Å². The van der Waals surface area contributed by atoms with Gasteiger partial charge in [-0.05, 0) is 30.0 Å². The predicted molar refractivity (Wildman–Crippen MR) is 112 cm³/mol. The van der Waals surface area contributed by atoms with Gasteiger partial charge in [0.1, 0.15) is 4.90 Å². The molecule has 1 N–H and O–H groups in total. The zero-order valence-electron chi connectivity index (χ0n) is 15.6. The van der Waals surface area contributed by atoms with Crippen molar-refractivity contribution in [3.05, 3.63) is 58.1 Å². The minimum Gasteiger partial charge on any atom is -0.379 e. The molecule has 0 unspecified atom stereocenters. The van der Waals surface area contributed by atoms with Crippen molar-refractivity contribution in [1.29, 1.82) is 0 Å². The van der Waals surface area contributed by atoms with Crippen LogP contribution in [-0.2, 0) is 14.8 Å². The van der Waals surface area contributed by atoms with Gasteiger partial charge in [0, 0.05) is 30.1 Å². The summed E-state index contributed by atoms with van der Waals surface area (Å²) in [6, 6.07) is 11.3. The zero-order valence-corrected chi connectivity index (χ0v) is 17.3. The van der Waals surface area contributed by atoms with Gasteiger partial charge in [0.25, 0.3) is 5.69 Å². The highest BCUT2D eigenvalue weighted by atomic mass is 32.2. The smallest absolute Gasteiger partial charge is 0.270 e. The van der Waals surface area contributed by atoms with Gasteiger partial charge in [-0.2, -0.15) is 9.41 Å². The molecule has 0 radical (unpaired) electrons. The number of non-ortho nitro benzene ring substituents is 1. The van der Waals surface area contributed by atoms with E-state index >= 15 is 0 Å². The van der Waals surface area contributed by atoms with Crippen molar-refractivity contribution in [1.82, 2.24) is 4.31 Å². The van der Waals surface area contributed by atoms with Crippen LogP contribution in [0.5, 0.6) is 0 Å². The number of nitrogens with one attached hydrogen (secondary N) is 1. The summed E-state index contributed by atoms with van der Waals surface area (Å²) >= 11 is 1.62. The molecule has 29 heavy (non-hydrogen) atoms. The summed E-state index contributed by atoms with van der Waals surface area (Å²) in [5.74, 6) is 0. The van der Waals surface area contributed by atoms with Crippen molar-refractivity contribution in [2.75, 3.05) is 38.0 Å². The fraction of sp³-hybridized carbons (Fsp3) is 0.278. The molecule has 1 aliphatic rings. The lowest BCUT2D eigenvalue weighted by Crippen LogP contribution is -2.40. The van der Waals surface area contributed by atoms with Crippen molar-refractivity contribution >= 4 is 39.4 Å². The number of ether oxygens (including phenoxy) is 1. The topological polar surface area (TPSA) is 114 Å². The number of hydrogen-bond acceptors (Lipinski definition) is 8. The molecule has 1 fully saturated rings. The van der Waals surface area contributed by atoms with E-state index in [0.717, 1.165) is 16.5 Å². The van der Waals surface area contributed by atoms with Gasteiger partial charge in [0.2, 0.25) is 10.0 Å². The monoisotopic (exact) mass is 436 g/mol. The van der Waals surface area contributed by atoms with Gasteiger partial charge in [0.15, 0.2) is 0 Å². The van der Waals surface area contributed by atoms with Crippen molar-refractivity contribution in [3.8, 4) is 0 Å². The van der Waals surface area contributed by atoms with E-state index in [4.69, 9.17) is 4.74 Å². The third-order valence-corrected chi connectivity index (χ3v) is 6.96. The Labute approximate surface area is 172 Å². The highest BCUT2D eigenvalue weighted by molar-refractivity contribution is 7.98. The van der Waals surface area contributed by atoms with Gasteiger partial charge < -0.3 is 4.74 Å².